The van der Waals surface area contributed by atoms with Crippen molar-refractivity contribution in [2.24, 2.45) is 0 Å². The molecule has 1 aromatic rings. The van der Waals surface area contributed by atoms with E-state index in [1.165, 1.54) is 26.2 Å². The van der Waals surface area contributed by atoms with Gasteiger partial charge in [-0.1, -0.05) is 11.6 Å². The van der Waals surface area contributed by atoms with Crippen molar-refractivity contribution in [3.8, 4) is 5.75 Å². The summed E-state index contributed by atoms with van der Waals surface area (Å²) in [7, 11) is 1.45. The van der Waals surface area contributed by atoms with E-state index in [2.05, 4.69) is 10.6 Å². The average molecular weight is 300 g/mol. The summed E-state index contributed by atoms with van der Waals surface area (Å²) in [5.74, 6) is -0.0267. The number of anilines is 1. The van der Waals surface area contributed by atoms with E-state index in [-0.39, 0.29) is 11.8 Å². The largest absolute Gasteiger partial charge is 0.496 e. The normalized spacial score (nSPS) is 9.95. The van der Waals surface area contributed by atoms with Crippen molar-refractivity contribution in [2.75, 3.05) is 25.9 Å². The Bertz CT molecular complexity index is 506. The Balaban J connectivity index is 2.59. The van der Waals surface area contributed by atoms with E-state index in [0.29, 0.717) is 41.5 Å². The molecule has 6 nitrogen and oxygen atoms in total. The van der Waals surface area contributed by atoms with E-state index in [4.69, 9.17) is 22.1 Å². The van der Waals surface area contributed by atoms with Crippen molar-refractivity contribution in [3.05, 3.63) is 22.7 Å². The molecule has 0 radical (unpaired) electrons. The van der Waals surface area contributed by atoms with Gasteiger partial charge in [0.15, 0.2) is 0 Å². The van der Waals surface area contributed by atoms with Crippen LogP contribution in [0.2, 0.25) is 5.02 Å². The van der Waals surface area contributed by atoms with Gasteiger partial charge in [-0.3, -0.25) is 9.59 Å². The highest BCUT2D eigenvalue weighted by atomic mass is 35.5. The topological polar surface area (TPSA) is 93.4 Å². The molecule has 2 amide bonds. The van der Waals surface area contributed by atoms with Gasteiger partial charge in [-0.05, 0) is 12.5 Å². The van der Waals surface area contributed by atoms with Crippen LogP contribution in [0.5, 0.6) is 5.75 Å². The fraction of sp³-hybridized carbons (Fsp3) is 0.385. The van der Waals surface area contributed by atoms with Gasteiger partial charge in [0, 0.05) is 26.1 Å². The fourth-order valence-electron chi connectivity index (χ4n) is 1.57. The first-order valence-electron chi connectivity index (χ1n) is 6.11. The Morgan fingerprint density at radius 1 is 1.30 bits per heavy atom. The number of hydrogen-bond donors (Lipinski definition) is 3. The van der Waals surface area contributed by atoms with Gasteiger partial charge in [0.25, 0.3) is 5.91 Å². The van der Waals surface area contributed by atoms with Crippen molar-refractivity contribution in [1.29, 1.82) is 0 Å². The number of halogens is 1. The lowest BCUT2D eigenvalue weighted by molar-refractivity contribution is -0.118. The van der Waals surface area contributed by atoms with Crippen LogP contribution in [0.25, 0.3) is 0 Å². The first-order chi connectivity index (χ1) is 9.45. The summed E-state index contributed by atoms with van der Waals surface area (Å²) < 4.78 is 5.10. The molecule has 7 heteroatoms. The molecular formula is C13H18ClN3O3. The van der Waals surface area contributed by atoms with E-state index >= 15 is 0 Å². The summed E-state index contributed by atoms with van der Waals surface area (Å²) in [6.45, 7) is 2.39. The van der Waals surface area contributed by atoms with Crippen LogP contribution in [0.4, 0.5) is 5.69 Å². The first-order valence-corrected chi connectivity index (χ1v) is 6.49. The van der Waals surface area contributed by atoms with Crippen LogP contribution in [-0.2, 0) is 4.79 Å². The molecule has 0 unspecified atom stereocenters. The zero-order valence-electron chi connectivity index (χ0n) is 11.5. The Morgan fingerprint density at radius 2 is 1.95 bits per heavy atom. The van der Waals surface area contributed by atoms with Crippen molar-refractivity contribution >= 4 is 29.1 Å². The maximum Gasteiger partial charge on any atom is 0.255 e. The fourth-order valence-corrected chi connectivity index (χ4v) is 1.73. The first kappa shape index (κ1) is 16.1. The SMILES string of the molecule is COc1cc(N)c(Cl)cc1C(=O)NCCCNC(C)=O. The van der Waals surface area contributed by atoms with Crippen LogP contribution >= 0.6 is 11.6 Å². The third-order valence-corrected chi connectivity index (χ3v) is 2.90. The molecule has 1 rings (SSSR count). The number of carbonyl (C=O) groups excluding carboxylic acids is 2. The molecule has 110 valence electrons. The number of ether oxygens (including phenoxy) is 1. The standard InChI is InChI=1S/C13H18ClN3O3/c1-8(18)16-4-3-5-17-13(19)9-6-10(14)11(15)7-12(9)20-2/h6-7H,3-5,15H2,1-2H3,(H,16,18)(H,17,19). The van der Waals surface area contributed by atoms with Crippen LogP contribution in [0.3, 0.4) is 0 Å². The molecule has 20 heavy (non-hydrogen) atoms. The van der Waals surface area contributed by atoms with Crippen LogP contribution in [0.15, 0.2) is 12.1 Å². The van der Waals surface area contributed by atoms with Gasteiger partial charge in [-0.15, -0.1) is 0 Å². The Morgan fingerprint density at radius 3 is 2.55 bits per heavy atom. The maximum atomic E-state index is 12.0. The van der Waals surface area contributed by atoms with Gasteiger partial charge in [0.05, 0.1) is 23.4 Å². The summed E-state index contributed by atoms with van der Waals surface area (Å²) in [6.07, 6.45) is 0.635. The summed E-state index contributed by atoms with van der Waals surface area (Å²) in [4.78, 5) is 22.7. The quantitative estimate of drug-likeness (QED) is 0.543. The van der Waals surface area contributed by atoms with Gasteiger partial charge < -0.3 is 21.1 Å². The molecule has 0 aromatic heterocycles. The smallest absolute Gasteiger partial charge is 0.255 e. The van der Waals surface area contributed by atoms with Crippen molar-refractivity contribution in [2.45, 2.75) is 13.3 Å². The Labute approximate surface area is 122 Å². The molecule has 0 spiro atoms. The monoisotopic (exact) mass is 299 g/mol. The molecule has 0 fully saturated rings. The minimum atomic E-state index is -0.299. The van der Waals surface area contributed by atoms with E-state index in [1.807, 2.05) is 0 Å². The van der Waals surface area contributed by atoms with Crippen molar-refractivity contribution in [3.63, 3.8) is 0 Å². The molecule has 0 saturated carbocycles. The number of carbonyl (C=O) groups is 2. The minimum Gasteiger partial charge on any atom is -0.496 e. The highest BCUT2D eigenvalue weighted by Gasteiger charge is 2.14. The Hall–Kier alpha value is -1.95. The molecule has 0 atom stereocenters. The van der Waals surface area contributed by atoms with E-state index in [9.17, 15) is 9.59 Å². The molecular weight excluding hydrogens is 282 g/mol. The van der Waals surface area contributed by atoms with Crippen molar-refractivity contribution in [1.82, 2.24) is 10.6 Å². The van der Waals surface area contributed by atoms with Gasteiger partial charge in [0.2, 0.25) is 5.91 Å². The Kier molecular flexibility index (Phi) is 6.11. The number of methoxy groups -OCH3 is 1. The summed E-state index contributed by atoms with van der Waals surface area (Å²) in [5.41, 5.74) is 6.33. The average Bonchev–Trinajstić information content (AvgIpc) is 2.40. The number of hydrogen-bond acceptors (Lipinski definition) is 4. The number of nitrogens with one attached hydrogen (secondary N) is 2. The lowest BCUT2D eigenvalue weighted by Gasteiger charge is -2.11. The van der Waals surface area contributed by atoms with E-state index < -0.39 is 0 Å². The maximum absolute atomic E-state index is 12.0. The summed E-state index contributed by atoms with van der Waals surface area (Å²) in [6, 6.07) is 2.98. The zero-order chi connectivity index (χ0) is 15.1. The summed E-state index contributed by atoms with van der Waals surface area (Å²) >= 11 is 5.90. The molecule has 0 aliphatic heterocycles. The molecule has 0 bridgehead atoms. The van der Waals surface area contributed by atoms with Crippen LogP contribution in [-0.4, -0.2) is 32.0 Å². The molecule has 1 aromatic carbocycles. The molecule has 4 N–H and O–H groups in total. The number of rotatable bonds is 6. The summed E-state index contributed by atoms with van der Waals surface area (Å²) in [5, 5.41) is 5.67. The van der Waals surface area contributed by atoms with Crippen molar-refractivity contribution < 1.29 is 14.3 Å². The predicted molar refractivity (Wildman–Crippen MR) is 78.1 cm³/mol. The number of benzene rings is 1. The lowest BCUT2D eigenvalue weighted by Crippen LogP contribution is -2.29. The number of amides is 2. The lowest BCUT2D eigenvalue weighted by atomic mass is 10.1. The van der Waals surface area contributed by atoms with E-state index in [1.54, 1.807) is 0 Å². The molecule has 0 aliphatic carbocycles. The molecule has 0 aliphatic rings. The third-order valence-electron chi connectivity index (χ3n) is 2.58. The van der Waals surface area contributed by atoms with Gasteiger partial charge in [-0.25, -0.2) is 0 Å². The third kappa shape index (κ3) is 4.62. The van der Waals surface area contributed by atoms with Gasteiger partial charge in [-0.2, -0.15) is 0 Å². The molecule has 0 saturated heterocycles. The highest BCUT2D eigenvalue weighted by molar-refractivity contribution is 6.33. The second-order valence-corrected chi connectivity index (χ2v) is 4.57. The van der Waals surface area contributed by atoms with E-state index in [0.717, 1.165) is 0 Å². The van der Waals surface area contributed by atoms with Gasteiger partial charge in [0.1, 0.15) is 5.75 Å². The highest BCUT2D eigenvalue weighted by Crippen LogP contribution is 2.28. The second kappa shape index (κ2) is 7.59. The number of nitrogen functional groups attached to an aromatic ring is 1. The number of nitrogens with two attached hydrogens (primary N) is 1. The zero-order valence-corrected chi connectivity index (χ0v) is 12.2. The minimum absolute atomic E-state index is 0.0942. The van der Waals surface area contributed by atoms with Crippen LogP contribution < -0.4 is 21.1 Å². The van der Waals surface area contributed by atoms with Crippen LogP contribution in [0, 0.1) is 0 Å². The second-order valence-electron chi connectivity index (χ2n) is 4.17. The predicted octanol–water partition coefficient (Wildman–Crippen LogP) is 1.19. The van der Waals surface area contributed by atoms with Gasteiger partial charge >= 0.3 is 0 Å². The van der Waals surface area contributed by atoms with Crippen LogP contribution in [0.1, 0.15) is 23.7 Å². The molecule has 0 heterocycles.